The lowest BCUT2D eigenvalue weighted by molar-refractivity contribution is -0.116. The molecule has 3 rings (SSSR count). The Balaban J connectivity index is 0.00000147. The van der Waals surface area contributed by atoms with Crippen LogP contribution in [0.15, 0.2) is 12.1 Å². The number of amides is 2. The van der Waals surface area contributed by atoms with Gasteiger partial charge >= 0.3 is 0 Å². The summed E-state index contributed by atoms with van der Waals surface area (Å²) in [5.74, 6) is -1.07. The fourth-order valence-corrected chi connectivity index (χ4v) is 2.42. The lowest BCUT2D eigenvalue weighted by Crippen LogP contribution is -2.37. The molecule has 2 aliphatic heterocycles. The topological polar surface area (TPSA) is 61.4 Å². The zero-order valence-electron chi connectivity index (χ0n) is 10.7. The van der Waals surface area contributed by atoms with Gasteiger partial charge in [0.1, 0.15) is 5.82 Å². The van der Waals surface area contributed by atoms with E-state index in [1.165, 1.54) is 11.1 Å². The lowest BCUT2D eigenvalue weighted by atomic mass is 9.99. The van der Waals surface area contributed by atoms with Gasteiger partial charge in [-0.05, 0) is 30.5 Å². The molecule has 0 saturated carbocycles. The second-order valence-corrected chi connectivity index (χ2v) is 4.76. The molecule has 0 radical (unpaired) electrons. The smallest absolute Gasteiger partial charge is 0.270 e. The Bertz CT molecular complexity index is 559. The molecule has 7 heteroatoms. The van der Waals surface area contributed by atoms with Crippen molar-refractivity contribution in [1.82, 2.24) is 10.4 Å². The molecule has 1 aromatic carbocycles. The van der Waals surface area contributed by atoms with Crippen LogP contribution in [0.5, 0.6) is 0 Å². The first-order chi connectivity index (χ1) is 9.15. The molecular formula is C13H15ClFN3O2. The highest BCUT2D eigenvalue weighted by atomic mass is 35.5. The molecule has 1 fully saturated rings. The molecule has 0 spiro atoms. The van der Waals surface area contributed by atoms with E-state index in [-0.39, 0.29) is 29.8 Å². The van der Waals surface area contributed by atoms with Crippen molar-refractivity contribution in [3.05, 3.63) is 29.1 Å². The molecule has 1 saturated heterocycles. The normalized spacial score (nSPS) is 17.2. The van der Waals surface area contributed by atoms with Crippen LogP contribution in [0.1, 0.15) is 28.8 Å². The number of hydrazine groups is 1. The van der Waals surface area contributed by atoms with Crippen LogP contribution in [0.3, 0.4) is 0 Å². The molecule has 1 aromatic rings. The predicted octanol–water partition coefficient (Wildman–Crippen LogP) is 1.48. The third-order valence-corrected chi connectivity index (χ3v) is 3.43. The first-order valence-electron chi connectivity index (χ1n) is 6.33. The van der Waals surface area contributed by atoms with Gasteiger partial charge in [0, 0.05) is 25.2 Å². The van der Waals surface area contributed by atoms with E-state index in [1.807, 2.05) is 0 Å². The molecule has 2 N–H and O–H groups in total. The molecule has 2 amide bonds. The number of carbonyl (C=O) groups excluding carboxylic acids is 2. The van der Waals surface area contributed by atoms with Crippen molar-refractivity contribution in [3.8, 4) is 0 Å². The number of nitrogens with zero attached hydrogens (tertiary/aromatic N) is 1. The highest BCUT2D eigenvalue weighted by Crippen LogP contribution is 2.26. The van der Waals surface area contributed by atoms with E-state index in [4.69, 9.17) is 0 Å². The van der Waals surface area contributed by atoms with Crippen LogP contribution in [0, 0.1) is 5.82 Å². The van der Waals surface area contributed by atoms with E-state index in [0.717, 1.165) is 18.5 Å². The molecule has 108 valence electrons. The number of benzene rings is 1. The summed E-state index contributed by atoms with van der Waals surface area (Å²) in [4.78, 5) is 23.4. The number of halogens is 2. The van der Waals surface area contributed by atoms with Gasteiger partial charge in [-0.25, -0.2) is 9.82 Å². The number of anilines is 1. The van der Waals surface area contributed by atoms with Crippen molar-refractivity contribution < 1.29 is 14.0 Å². The summed E-state index contributed by atoms with van der Waals surface area (Å²) in [5.41, 5.74) is 4.26. The number of hydrogen-bond acceptors (Lipinski definition) is 3. The molecule has 0 aromatic heterocycles. The fraction of sp³-hybridized carbons (Fsp3) is 0.385. The number of hydrogen-bond donors (Lipinski definition) is 2. The first kappa shape index (κ1) is 14.7. The Morgan fingerprint density at radius 2 is 2.10 bits per heavy atom. The van der Waals surface area contributed by atoms with E-state index in [1.54, 1.807) is 6.07 Å². The molecule has 2 aliphatic rings. The second-order valence-electron chi connectivity index (χ2n) is 4.76. The largest absolute Gasteiger partial charge is 0.326 e. The Morgan fingerprint density at radius 3 is 2.80 bits per heavy atom. The van der Waals surface area contributed by atoms with Gasteiger partial charge in [-0.1, -0.05) is 0 Å². The van der Waals surface area contributed by atoms with Gasteiger partial charge in [-0.15, -0.1) is 12.4 Å². The summed E-state index contributed by atoms with van der Waals surface area (Å²) in [6, 6.07) is 2.78. The standard InChI is InChI=1S/C13H14FN3O2.ClH/c14-10-7-11-8(2-3-12(18)16-11)6-9(10)13(19)17-5-1-4-15-17;/h6-7,15H,1-5H2,(H,16,18);1H. The number of carbonyl (C=O) groups is 2. The van der Waals surface area contributed by atoms with Crippen molar-refractivity contribution in [2.24, 2.45) is 0 Å². The second kappa shape index (κ2) is 5.76. The van der Waals surface area contributed by atoms with Gasteiger partial charge in [0.2, 0.25) is 5.91 Å². The highest BCUT2D eigenvalue weighted by Gasteiger charge is 2.25. The highest BCUT2D eigenvalue weighted by molar-refractivity contribution is 5.98. The van der Waals surface area contributed by atoms with Gasteiger partial charge in [0.15, 0.2) is 0 Å². The van der Waals surface area contributed by atoms with Crippen LogP contribution in [0.2, 0.25) is 0 Å². The van der Waals surface area contributed by atoms with Crippen LogP contribution in [0.25, 0.3) is 0 Å². The summed E-state index contributed by atoms with van der Waals surface area (Å²) < 4.78 is 14.0. The van der Waals surface area contributed by atoms with E-state index < -0.39 is 5.82 Å². The molecule has 5 nitrogen and oxygen atoms in total. The SMILES string of the molecule is Cl.O=C1CCc2cc(C(=O)N3CCCN3)c(F)cc2N1. The van der Waals surface area contributed by atoms with Crippen LogP contribution >= 0.6 is 12.4 Å². The Morgan fingerprint density at radius 1 is 1.30 bits per heavy atom. The summed E-state index contributed by atoms with van der Waals surface area (Å²) in [6.45, 7) is 1.32. The van der Waals surface area contributed by atoms with Crippen LogP contribution < -0.4 is 10.7 Å². The number of rotatable bonds is 1. The quantitative estimate of drug-likeness (QED) is 0.826. The fourth-order valence-electron chi connectivity index (χ4n) is 2.42. The average Bonchev–Trinajstić information content (AvgIpc) is 2.91. The van der Waals surface area contributed by atoms with Crippen LogP contribution in [-0.4, -0.2) is 29.9 Å². The maximum atomic E-state index is 14.0. The van der Waals surface area contributed by atoms with E-state index in [2.05, 4.69) is 10.7 Å². The summed E-state index contributed by atoms with van der Waals surface area (Å²) in [5, 5.41) is 4.05. The number of nitrogens with one attached hydrogen (secondary N) is 2. The van der Waals surface area contributed by atoms with Crippen molar-refractivity contribution in [2.45, 2.75) is 19.3 Å². The third kappa shape index (κ3) is 2.62. The van der Waals surface area contributed by atoms with Crippen molar-refractivity contribution >= 4 is 29.9 Å². The van der Waals surface area contributed by atoms with Crippen molar-refractivity contribution in [1.29, 1.82) is 0 Å². The maximum absolute atomic E-state index is 14.0. The zero-order valence-corrected chi connectivity index (χ0v) is 11.6. The number of fused-ring (bicyclic) bond motifs is 1. The Hall–Kier alpha value is -1.66. The van der Waals surface area contributed by atoms with Gasteiger partial charge in [0.05, 0.1) is 5.56 Å². The Labute approximate surface area is 121 Å². The minimum absolute atomic E-state index is 0. The summed E-state index contributed by atoms with van der Waals surface area (Å²) >= 11 is 0. The van der Waals surface area contributed by atoms with Crippen LogP contribution in [-0.2, 0) is 11.2 Å². The van der Waals surface area contributed by atoms with E-state index >= 15 is 0 Å². The molecule has 20 heavy (non-hydrogen) atoms. The number of aryl methyl sites for hydroxylation is 1. The minimum atomic E-state index is -0.598. The summed E-state index contributed by atoms with van der Waals surface area (Å²) in [6.07, 6.45) is 1.78. The Kier molecular flexibility index (Phi) is 4.25. The molecule has 0 aliphatic carbocycles. The molecule has 2 heterocycles. The minimum Gasteiger partial charge on any atom is -0.326 e. The monoisotopic (exact) mass is 299 g/mol. The van der Waals surface area contributed by atoms with E-state index in [0.29, 0.717) is 25.1 Å². The summed E-state index contributed by atoms with van der Waals surface area (Å²) in [7, 11) is 0. The molecule has 0 bridgehead atoms. The zero-order chi connectivity index (χ0) is 13.4. The third-order valence-electron chi connectivity index (χ3n) is 3.43. The lowest BCUT2D eigenvalue weighted by Gasteiger charge is -2.20. The van der Waals surface area contributed by atoms with Gasteiger partial charge < -0.3 is 5.32 Å². The van der Waals surface area contributed by atoms with Crippen LogP contribution in [0.4, 0.5) is 10.1 Å². The van der Waals surface area contributed by atoms with Crippen molar-refractivity contribution in [2.75, 3.05) is 18.4 Å². The predicted molar refractivity (Wildman–Crippen MR) is 74.3 cm³/mol. The molecular weight excluding hydrogens is 285 g/mol. The molecule has 0 unspecified atom stereocenters. The van der Waals surface area contributed by atoms with E-state index in [9.17, 15) is 14.0 Å². The molecule has 0 atom stereocenters. The average molecular weight is 300 g/mol. The van der Waals surface area contributed by atoms with Gasteiger partial charge in [0.25, 0.3) is 5.91 Å². The van der Waals surface area contributed by atoms with Gasteiger partial charge in [-0.3, -0.25) is 14.6 Å². The first-order valence-corrected chi connectivity index (χ1v) is 6.33. The maximum Gasteiger partial charge on any atom is 0.270 e. The van der Waals surface area contributed by atoms with Crippen molar-refractivity contribution in [3.63, 3.8) is 0 Å². The van der Waals surface area contributed by atoms with Gasteiger partial charge in [-0.2, -0.15) is 0 Å².